The summed E-state index contributed by atoms with van der Waals surface area (Å²) in [6.07, 6.45) is 0. The Morgan fingerprint density at radius 2 is 2.29 bits per heavy atom. The van der Waals surface area contributed by atoms with Gasteiger partial charge < -0.3 is 14.5 Å². The van der Waals surface area contributed by atoms with E-state index in [2.05, 4.69) is 5.16 Å². The van der Waals surface area contributed by atoms with Crippen LogP contribution in [0.25, 0.3) is 0 Å². The van der Waals surface area contributed by atoms with Crippen LogP contribution in [0, 0.1) is 6.92 Å². The van der Waals surface area contributed by atoms with Crippen molar-refractivity contribution in [2.75, 3.05) is 13.6 Å². The van der Waals surface area contributed by atoms with E-state index in [4.69, 9.17) is 9.63 Å². The number of likely N-dealkylation sites (N-methyl/N-ethyl adjacent to an activating group) is 1. The minimum Gasteiger partial charge on any atom is -0.480 e. The van der Waals surface area contributed by atoms with Crippen molar-refractivity contribution in [3.8, 4) is 0 Å². The number of nitrogens with zero attached hydrogens (tertiary/aromatic N) is 2. The highest BCUT2D eigenvalue weighted by Crippen LogP contribution is 2.04. The molecule has 0 aliphatic heterocycles. The van der Waals surface area contributed by atoms with Gasteiger partial charge in [0.2, 0.25) is 0 Å². The molecule has 6 heteroatoms. The van der Waals surface area contributed by atoms with Crippen LogP contribution < -0.4 is 0 Å². The summed E-state index contributed by atoms with van der Waals surface area (Å²) in [5.41, 5.74) is 0.117. The molecule has 76 valence electrons. The third-order valence-corrected chi connectivity index (χ3v) is 1.57. The van der Waals surface area contributed by atoms with Crippen LogP contribution in [0.1, 0.15) is 16.2 Å². The van der Waals surface area contributed by atoms with Gasteiger partial charge >= 0.3 is 5.97 Å². The van der Waals surface area contributed by atoms with E-state index in [9.17, 15) is 9.59 Å². The predicted octanol–water partition coefficient (Wildman–Crippen LogP) is 0.140. The highest BCUT2D eigenvalue weighted by atomic mass is 16.5. The Morgan fingerprint density at radius 1 is 1.64 bits per heavy atom. The average molecular weight is 198 g/mol. The van der Waals surface area contributed by atoms with Crippen LogP contribution in [0.2, 0.25) is 0 Å². The second kappa shape index (κ2) is 3.91. The molecule has 14 heavy (non-hydrogen) atoms. The molecule has 1 aromatic heterocycles. The first kappa shape index (κ1) is 10.2. The molecule has 1 heterocycles. The smallest absolute Gasteiger partial charge is 0.323 e. The lowest BCUT2D eigenvalue weighted by molar-refractivity contribution is -0.137. The monoisotopic (exact) mass is 198 g/mol. The number of carbonyl (C=O) groups excluding carboxylic acids is 1. The van der Waals surface area contributed by atoms with Crippen molar-refractivity contribution in [1.82, 2.24) is 10.1 Å². The van der Waals surface area contributed by atoms with Crippen LogP contribution >= 0.6 is 0 Å². The highest BCUT2D eigenvalue weighted by molar-refractivity contribution is 5.93. The molecule has 1 N–H and O–H groups in total. The zero-order valence-electron chi connectivity index (χ0n) is 7.85. The Labute approximate surface area is 80.1 Å². The summed E-state index contributed by atoms with van der Waals surface area (Å²) in [7, 11) is 1.39. The van der Waals surface area contributed by atoms with Crippen molar-refractivity contribution in [2.24, 2.45) is 0 Å². The maximum absolute atomic E-state index is 11.4. The fourth-order valence-corrected chi connectivity index (χ4v) is 0.937. The molecule has 6 nitrogen and oxygen atoms in total. The van der Waals surface area contributed by atoms with Gasteiger partial charge in [0.1, 0.15) is 12.3 Å². The second-order valence-corrected chi connectivity index (χ2v) is 2.88. The summed E-state index contributed by atoms with van der Waals surface area (Å²) in [6.45, 7) is 1.30. The van der Waals surface area contributed by atoms with Gasteiger partial charge in [0, 0.05) is 13.1 Å². The van der Waals surface area contributed by atoms with Crippen LogP contribution in [0.5, 0.6) is 0 Å². The summed E-state index contributed by atoms with van der Waals surface area (Å²) in [6, 6.07) is 1.46. The van der Waals surface area contributed by atoms with Crippen LogP contribution in [0.15, 0.2) is 10.6 Å². The molecule has 0 saturated carbocycles. The van der Waals surface area contributed by atoms with Gasteiger partial charge in [0.05, 0.1) is 0 Å². The summed E-state index contributed by atoms with van der Waals surface area (Å²) >= 11 is 0. The minimum absolute atomic E-state index is 0.117. The van der Waals surface area contributed by atoms with E-state index in [-0.39, 0.29) is 12.2 Å². The minimum atomic E-state index is -1.07. The third-order valence-electron chi connectivity index (χ3n) is 1.57. The van der Waals surface area contributed by atoms with Crippen molar-refractivity contribution in [3.05, 3.63) is 17.5 Å². The molecule has 0 atom stereocenters. The number of carbonyl (C=O) groups is 2. The third kappa shape index (κ3) is 2.32. The first-order valence-electron chi connectivity index (χ1n) is 3.91. The molecule has 0 spiro atoms. The van der Waals surface area contributed by atoms with Crippen LogP contribution in [-0.2, 0) is 4.79 Å². The zero-order chi connectivity index (χ0) is 10.7. The number of carboxylic acid groups (broad SMARTS) is 1. The summed E-state index contributed by atoms with van der Waals surface area (Å²) in [5.74, 6) is -1.03. The van der Waals surface area contributed by atoms with Crippen molar-refractivity contribution in [1.29, 1.82) is 0 Å². The van der Waals surface area contributed by atoms with Gasteiger partial charge in [0.15, 0.2) is 5.69 Å². The highest BCUT2D eigenvalue weighted by Gasteiger charge is 2.17. The molecule has 0 radical (unpaired) electrons. The van der Waals surface area contributed by atoms with Crippen molar-refractivity contribution >= 4 is 11.9 Å². The van der Waals surface area contributed by atoms with Gasteiger partial charge in [-0.25, -0.2) is 0 Å². The van der Waals surface area contributed by atoms with E-state index >= 15 is 0 Å². The molecule has 0 aliphatic carbocycles. The van der Waals surface area contributed by atoms with Crippen molar-refractivity contribution in [3.63, 3.8) is 0 Å². The van der Waals surface area contributed by atoms with Crippen LogP contribution in [0.3, 0.4) is 0 Å². The SMILES string of the molecule is Cc1cc(C(=O)N(C)CC(=O)O)no1. The fourth-order valence-electron chi connectivity index (χ4n) is 0.937. The molecular formula is C8H10N2O4. The number of hydrogen-bond acceptors (Lipinski definition) is 4. The largest absolute Gasteiger partial charge is 0.480 e. The van der Waals surface area contributed by atoms with Gasteiger partial charge in [-0.1, -0.05) is 5.16 Å². The van der Waals surface area contributed by atoms with E-state index in [1.165, 1.54) is 13.1 Å². The van der Waals surface area contributed by atoms with Crippen LogP contribution in [-0.4, -0.2) is 40.6 Å². The predicted molar refractivity (Wildman–Crippen MR) is 45.8 cm³/mol. The lowest BCUT2D eigenvalue weighted by Gasteiger charge is -2.11. The van der Waals surface area contributed by atoms with Crippen molar-refractivity contribution < 1.29 is 19.2 Å². The number of carboxylic acids is 1. The van der Waals surface area contributed by atoms with E-state index in [1.807, 2.05) is 0 Å². The van der Waals surface area contributed by atoms with E-state index in [0.29, 0.717) is 5.76 Å². The molecule has 1 amide bonds. The van der Waals surface area contributed by atoms with E-state index < -0.39 is 11.9 Å². The quantitative estimate of drug-likeness (QED) is 0.746. The summed E-state index contributed by atoms with van der Waals surface area (Å²) in [5, 5.41) is 11.9. The van der Waals surface area contributed by atoms with Crippen LogP contribution in [0.4, 0.5) is 0 Å². The number of aromatic nitrogens is 1. The van der Waals surface area contributed by atoms with E-state index in [1.54, 1.807) is 6.92 Å². The first-order chi connectivity index (χ1) is 6.50. The Balaban J connectivity index is 2.70. The maximum atomic E-state index is 11.4. The van der Waals surface area contributed by atoms with Gasteiger partial charge in [-0.05, 0) is 6.92 Å². The number of aryl methyl sites for hydroxylation is 1. The van der Waals surface area contributed by atoms with Crippen molar-refractivity contribution in [2.45, 2.75) is 6.92 Å². The number of aliphatic carboxylic acids is 1. The molecule has 0 aromatic carbocycles. The molecule has 1 rings (SSSR count). The van der Waals surface area contributed by atoms with Gasteiger partial charge in [0.25, 0.3) is 5.91 Å². The number of hydrogen-bond donors (Lipinski definition) is 1. The molecule has 0 aliphatic rings. The number of amides is 1. The standard InChI is InChI=1S/C8H10N2O4/c1-5-3-6(9-14-5)8(13)10(2)4-7(11)12/h3H,4H2,1-2H3,(H,11,12). The molecule has 1 aromatic rings. The maximum Gasteiger partial charge on any atom is 0.323 e. The Morgan fingerprint density at radius 3 is 2.71 bits per heavy atom. The lowest BCUT2D eigenvalue weighted by atomic mass is 10.3. The molecular weight excluding hydrogens is 188 g/mol. The Hall–Kier alpha value is -1.85. The number of rotatable bonds is 3. The van der Waals surface area contributed by atoms with Gasteiger partial charge in [-0.2, -0.15) is 0 Å². The lowest BCUT2D eigenvalue weighted by Crippen LogP contribution is -2.32. The Kier molecular flexibility index (Phi) is 2.85. The topological polar surface area (TPSA) is 83.6 Å². The molecule has 0 fully saturated rings. The molecule has 0 bridgehead atoms. The fraction of sp³-hybridized carbons (Fsp3) is 0.375. The zero-order valence-corrected chi connectivity index (χ0v) is 7.85. The molecule has 0 saturated heterocycles. The summed E-state index contributed by atoms with van der Waals surface area (Å²) < 4.78 is 4.70. The molecule has 0 unspecified atom stereocenters. The first-order valence-corrected chi connectivity index (χ1v) is 3.91. The van der Waals surface area contributed by atoms with E-state index in [0.717, 1.165) is 4.90 Å². The Bertz CT molecular complexity index is 358. The van der Waals surface area contributed by atoms with Gasteiger partial charge in [-0.3, -0.25) is 9.59 Å². The summed E-state index contributed by atoms with van der Waals surface area (Å²) in [4.78, 5) is 22.8. The second-order valence-electron chi connectivity index (χ2n) is 2.88. The normalized spacial score (nSPS) is 9.86. The average Bonchev–Trinajstić information content (AvgIpc) is 2.49. The van der Waals surface area contributed by atoms with Gasteiger partial charge in [-0.15, -0.1) is 0 Å².